The first-order valence-corrected chi connectivity index (χ1v) is 10.0. The van der Waals surface area contributed by atoms with E-state index in [0.717, 1.165) is 58.3 Å². The zero-order valence-corrected chi connectivity index (χ0v) is 19.0. The fourth-order valence-corrected chi connectivity index (χ4v) is 3.28. The summed E-state index contributed by atoms with van der Waals surface area (Å²) in [5, 5.41) is 9.24. The van der Waals surface area contributed by atoms with Crippen LogP contribution in [-0.4, -0.2) is 45.5 Å². The first-order valence-electron chi connectivity index (χ1n) is 10.0. The summed E-state index contributed by atoms with van der Waals surface area (Å²) >= 11 is 0. The van der Waals surface area contributed by atoms with E-state index in [1.165, 1.54) is 16.3 Å². The highest BCUT2D eigenvalue weighted by molar-refractivity contribution is 14.0. The van der Waals surface area contributed by atoms with Crippen molar-refractivity contribution in [2.24, 2.45) is 10.9 Å². The van der Waals surface area contributed by atoms with Gasteiger partial charge in [-0.25, -0.2) is 4.99 Å². The summed E-state index contributed by atoms with van der Waals surface area (Å²) < 4.78 is 11.1. The van der Waals surface area contributed by atoms with Crippen molar-refractivity contribution >= 4 is 40.7 Å². The van der Waals surface area contributed by atoms with Crippen LogP contribution < -0.4 is 10.6 Å². The van der Waals surface area contributed by atoms with Crippen molar-refractivity contribution in [3.8, 4) is 0 Å². The molecule has 1 heterocycles. The number of nitrogens with zero attached hydrogens (tertiary/aromatic N) is 1. The summed E-state index contributed by atoms with van der Waals surface area (Å²) in [6.45, 7) is 7.76. The van der Waals surface area contributed by atoms with Crippen molar-refractivity contribution in [3.63, 3.8) is 0 Å². The van der Waals surface area contributed by atoms with E-state index in [4.69, 9.17) is 14.5 Å². The maximum Gasteiger partial charge on any atom is 0.191 e. The summed E-state index contributed by atoms with van der Waals surface area (Å²) in [7, 11) is 0. The van der Waals surface area contributed by atoms with E-state index in [2.05, 4.69) is 60.0 Å². The second kappa shape index (κ2) is 13.0. The number of rotatable bonds is 9. The molecular formula is C22H32IN3O2. The Morgan fingerprint density at radius 1 is 1.18 bits per heavy atom. The number of aliphatic imine (C=N–C) groups is 1. The van der Waals surface area contributed by atoms with Gasteiger partial charge in [-0.1, -0.05) is 42.5 Å². The molecule has 2 N–H and O–H groups in total. The SMILES string of the molecule is CCNC(=NCc1cccc2ccccc12)NCCCOCC1CCOC1.I. The summed E-state index contributed by atoms with van der Waals surface area (Å²) in [6.07, 6.45) is 2.09. The van der Waals surface area contributed by atoms with Gasteiger partial charge in [0, 0.05) is 32.2 Å². The van der Waals surface area contributed by atoms with Gasteiger partial charge in [0.1, 0.15) is 0 Å². The maximum atomic E-state index is 5.76. The lowest BCUT2D eigenvalue weighted by Crippen LogP contribution is -2.38. The number of benzene rings is 2. The molecular weight excluding hydrogens is 465 g/mol. The predicted molar refractivity (Wildman–Crippen MR) is 127 cm³/mol. The monoisotopic (exact) mass is 497 g/mol. The van der Waals surface area contributed by atoms with Crippen LogP contribution in [0.2, 0.25) is 0 Å². The van der Waals surface area contributed by atoms with Crippen LogP contribution in [-0.2, 0) is 16.0 Å². The smallest absolute Gasteiger partial charge is 0.191 e. The number of nitrogens with one attached hydrogen (secondary N) is 2. The number of hydrogen-bond donors (Lipinski definition) is 2. The Bertz CT molecular complexity index is 727. The highest BCUT2D eigenvalue weighted by Gasteiger charge is 2.15. The molecule has 28 heavy (non-hydrogen) atoms. The Hall–Kier alpha value is -1.38. The minimum absolute atomic E-state index is 0. The molecule has 1 aliphatic rings. The maximum absolute atomic E-state index is 5.76. The molecule has 0 spiro atoms. The van der Waals surface area contributed by atoms with Crippen LogP contribution in [0.1, 0.15) is 25.3 Å². The van der Waals surface area contributed by atoms with Crippen LogP contribution in [0.15, 0.2) is 47.5 Å². The van der Waals surface area contributed by atoms with Gasteiger partial charge in [-0.05, 0) is 36.1 Å². The van der Waals surface area contributed by atoms with Crippen LogP contribution in [0.5, 0.6) is 0 Å². The fraction of sp³-hybridized carbons (Fsp3) is 0.500. The highest BCUT2D eigenvalue weighted by atomic mass is 127. The fourth-order valence-electron chi connectivity index (χ4n) is 3.28. The van der Waals surface area contributed by atoms with E-state index >= 15 is 0 Å². The predicted octanol–water partition coefficient (Wildman–Crippen LogP) is 3.96. The second-order valence-corrected chi connectivity index (χ2v) is 6.92. The average molecular weight is 497 g/mol. The lowest BCUT2D eigenvalue weighted by Gasteiger charge is -2.13. The van der Waals surface area contributed by atoms with E-state index in [9.17, 15) is 0 Å². The van der Waals surface area contributed by atoms with Gasteiger partial charge in [0.05, 0.1) is 19.8 Å². The lowest BCUT2D eigenvalue weighted by molar-refractivity contribution is 0.0888. The van der Waals surface area contributed by atoms with E-state index in [0.29, 0.717) is 12.5 Å². The Kier molecular flexibility index (Phi) is 10.6. The molecule has 1 unspecified atom stereocenters. The minimum atomic E-state index is 0. The minimum Gasteiger partial charge on any atom is -0.381 e. The molecule has 0 bridgehead atoms. The average Bonchev–Trinajstić information content (AvgIpc) is 3.22. The van der Waals surface area contributed by atoms with E-state index < -0.39 is 0 Å². The third-order valence-electron chi connectivity index (χ3n) is 4.77. The molecule has 1 fully saturated rings. The first kappa shape index (κ1) is 22.9. The van der Waals surface area contributed by atoms with Gasteiger partial charge in [0.2, 0.25) is 0 Å². The topological polar surface area (TPSA) is 54.9 Å². The number of fused-ring (bicyclic) bond motifs is 1. The van der Waals surface area contributed by atoms with E-state index in [1.54, 1.807) is 0 Å². The molecule has 0 aliphatic carbocycles. The molecule has 0 aromatic heterocycles. The van der Waals surface area contributed by atoms with Crippen LogP contribution in [0.25, 0.3) is 10.8 Å². The molecule has 1 atom stereocenters. The standard InChI is InChI=1S/C22H31N3O2.HI/c1-2-23-22(24-12-6-13-26-16-18-11-14-27-17-18)25-15-20-9-5-8-19-7-3-4-10-21(19)20;/h3-5,7-10,18H,2,6,11-17H2,1H3,(H2,23,24,25);1H. The Labute approximate surface area is 185 Å². The number of guanidine groups is 1. The van der Waals surface area contributed by atoms with Crippen molar-refractivity contribution in [1.82, 2.24) is 10.6 Å². The highest BCUT2D eigenvalue weighted by Crippen LogP contribution is 2.19. The third-order valence-corrected chi connectivity index (χ3v) is 4.77. The van der Waals surface area contributed by atoms with E-state index in [1.807, 2.05) is 0 Å². The zero-order chi connectivity index (χ0) is 18.7. The van der Waals surface area contributed by atoms with Crippen LogP contribution in [0, 0.1) is 5.92 Å². The van der Waals surface area contributed by atoms with Crippen molar-refractivity contribution < 1.29 is 9.47 Å². The van der Waals surface area contributed by atoms with Crippen LogP contribution >= 0.6 is 24.0 Å². The molecule has 2 aromatic rings. The number of hydrogen-bond acceptors (Lipinski definition) is 3. The van der Waals surface area contributed by atoms with E-state index in [-0.39, 0.29) is 24.0 Å². The third kappa shape index (κ3) is 7.22. The van der Waals surface area contributed by atoms with Crippen LogP contribution in [0.4, 0.5) is 0 Å². The second-order valence-electron chi connectivity index (χ2n) is 6.92. The van der Waals surface area contributed by atoms with Gasteiger partial charge < -0.3 is 20.1 Å². The number of halogens is 1. The van der Waals surface area contributed by atoms with Gasteiger partial charge in [0.15, 0.2) is 5.96 Å². The normalized spacial score (nSPS) is 16.8. The molecule has 3 rings (SSSR count). The molecule has 5 nitrogen and oxygen atoms in total. The summed E-state index contributed by atoms with van der Waals surface area (Å²) in [5.41, 5.74) is 1.24. The summed E-state index contributed by atoms with van der Waals surface area (Å²) in [4.78, 5) is 4.75. The van der Waals surface area contributed by atoms with Gasteiger partial charge in [-0.15, -0.1) is 24.0 Å². The Balaban J connectivity index is 0.00000280. The van der Waals surface area contributed by atoms with Gasteiger partial charge in [0.25, 0.3) is 0 Å². The molecule has 1 saturated heterocycles. The van der Waals surface area contributed by atoms with Crippen LogP contribution in [0.3, 0.4) is 0 Å². The summed E-state index contributed by atoms with van der Waals surface area (Å²) in [6, 6.07) is 14.8. The largest absolute Gasteiger partial charge is 0.381 e. The van der Waals surface area contributed by atoms with Crippen molar-refractivity contribution in [3.05, 3.63) is 48.0 Å². The zero-order valence-electron chi connectivity index (χ0n) is 16.7. The Morgan fingerprint density at radius 3 is 2.86 bits per heavy atom. The van der Waals surface area contributed by atoms with Gasteiger partial charge in [-0.2, -0.15) is 0 Å². The van der Waals surface area contributed by atoms with Crippen molar-refractivity contribution in [2.75, 3.05) is 39.5 Å². The number of ether oxygens (including phenoxy) is 2. The molecule has 1 aliphatic heterocycles. The summed E-state index contributed by atoms with van der Waals surface area (Å²) in [5.74, 6) is 1.44. The lowest BCUT2D eigenvalue weighted by atomic mass is 10.1. The van der Waals surface area contributed by atoms with Crippen molar-refractivity contribution in [2.45, 2.75) is 26.3 Å². The molecule has 154 valence electrons. The molecule has 0 radical (unpaired) electrons. The molecule has 0 saturated carbocycles. The molecule has 0 amide bonds. The quantitative estimate of drug-likeness (QED) is 0.239. The Morgan fingerprint density at radius 2 is 2.04 bits per heavy atom. The van der Waals surface area contributed by atoms with Crippen molar-refractivity contribution in [1.29, 1.82) is 0 Å². The van der Waals surface area contributed by atoms with Gasteiger partial charge >= 0.3 is 0 Å². The molecule has 2 aromatic carbocycles. The van der Waals surface area contributed by atoms with Gasteiger partial charge in [-0.3, -0.25) is 0 Å². The first-order chi connectivity index (χ1) is 13.4. The molecule has 6 heteroatoms.